The number of pyridine rings is 1. The van der Waals surface area contributed by atoms with Gasteiger partial charge in [-0.25, -0.2) is 13.6 Å². The summed E-state index contributed by atoms with van der Waals surface area (Å²) >= 11 is 0. The smallest absolute Gasteiger partial charge is 0.461 e. The van der Waals surface area contributed by atoms with Gasteiger partial charge in [-0.15, -0.1) is 0 Å². The summed E-state index contributed by atoms with van der Waals surface area (Å²) in [5.74, 6) is -0.205. The first kappa shape index (κ1) is 29.9. The van der Waals surface area contributed by atoms with Crippen LogP contribution < -0.4 is 9.64 Å². The summed E-state index contributed by atoms with van der Waals surface area (Å²) in [5.41, 5.74) is 2.21. The number of aromatic nitrogens is 5. The van der Waals surface area contributed by atoms with Gasteiger partial charge < -0.3 is 23.8 Å². The number of benzene rings is 1. The van der Waals surface area contributed by atoms with E-state index >= 15 is 4.39 Å². The van der Waals surface area contributed by atoms with Gasteiger partial charge in [-0.05, 0) is 68.7 Å². The standard InChI is InChI=1S/C34H37F2N7O5/c1-33-16-42(8-10-45-17-33)30-23-13-37-29(27(36)28(23)39-31(40-30)47-18-34-6-2-7-43(34)15-21(35)12-34)26-22-14-38-41-24(22)11-20-4-3-19(25(20)26)5-9-46-32(44)48-33/h11,13-14,19,21H,2-10,12,15-18H2,1H3,(H,38,41)/t19?,21-,33+,34+/m1/s1. The zero-order valence-corrected chi connectivity index (χ0v) is 26.8. The highest BCUT2D eigenvalue weighted by atomic mass is 19.1. The molecule has 12 nitrogen and oxygen atoms in total. The molecule has 1 aromatic carbocycles. The molecule has 6 bridgehead atoms. The summed E-state index contributed by atoms with van der Waals surface area (Å²) < 4.78 is 55.5. The van der Waals surface area contributed by atoms with Crippen LogP contribution in [0.15, 0.2) is 18.5 Å². The molecule has 10 rings (SSSR count). The Balaban J connectivity index is 1.23. The number of carbonyl (C=O) groups is 1. The number of ether oxygens (including phenoxy) is 4. The van der Waals surface area contributed by atoms with Crippen LogP contribution in [-0.2, 0) is 20.6 Å². The van der Waals surface area contributed by atoms with Crippen LogP contribution in [0.1, 0.15) is 56.1 Å². The molecule has 0 saturated carbocycles. The Labute approximate surface area is 275 Å². The lowest BCUT2D eigenvalue weighted by Crippen LogP contribution is -2.46. The molecule has 8 heterocycles. The summed E-state index contributed by atoms with van der Waals surface area (Å²) in [5, 5.41) is 8.47. The van der Waals surface area contributed by atoms with E-state index in [1.54, 1.807) is 19.3 Å². The first-order valence-corrected chi connectivity index (χ1v) is 16.9. The van der Waals surface area contributed by atoms with Crippen LogP contribution >= 0.6 is 0 Å². The molecule has 1 aliphatic carbocycles. The number of halogens is 2. The zero-order chi connectivity index (χ0) is 32.6. The van der Waals surface area contributed by atoms with Crippen molar-refractivity contribution >= 4 is 33.8 Å². The Hall–Kier alpha value is -4.17. The van der Waals surface area contributed by atoms with Crippen molar-refractivity contribution in [2.24, 2.45) is 0 Å². The molecule has 5 aliphatic heterocycles. The lowest BCUT2D eigenvalue weighted by atomic mass is 9.89. The maximum atomic E-state index is 17.2. The van der Waals surface area contributed by atoms with E-state index in [0.717, 1.165) is 54.3 Å². The van der Waals surface area contributed by atoms with Crippen molar-refractivity contribution in [3.8, 4) is 17.3 Å². The predicted octanol–water partition coefficient (Wildman–Crippen LogP) is 4.84. The first-order valence-electron chi connectivity index (χ1n) is 16.9. The number of hydrogen-bond donors (Lipinski definition) is 1. The number of aryl methyl sites for hydroxylation is 1. The largest absolute Gasteiger partial charge is 0.508 e. The minimum absolute atomic E-state index is 0.00148. The van der Waals surface area contributed by atoms with Gasteiger partial charge in [0, 0.05) is 36.7 Å². The molecule has 14 heteroatoms. The van der Waals surface area contributed by atoms with Gasteiger partial charge in [0.1, 0.15) is 29.8 Å². The van der Waals surface area contributed by atoms with E-state index in [4.69, 9.17) is 28.9 Å². The summed E-state index contributed by atoms with van der Waals surface area (Å²) in [7, 11) is 0. The molecule has 0 spiro atoms. The van der Waals surface area contributed by atoms with E-state index in [1.807, 2.05) is 4.90 Å². The van der Waals surface area contributed by atoms with Crippen molar-refractivity contribution in [3.05, 3.63) is 35.4 Å². The van der Waals surface area contributed by atoms with E-state index in [2.05, 4.69) is 26.1 Å². The number of nitrogens with one attached hydrogen (secondary N) is 1. The number of fused-ring (bicyclic) bond motifs is 7. The van der Waals surface area contributed by atoms with Crippen molar-refractivity contribution in [3.63, 3.8) is 0 Å². The van der Waals surface area contributed by atoms with Crippen LogP contribution in [0.3, 0.4) is 0 Å². The van der Waals surface area contributed by atoms with E-state index in [9.17, 15) is 9.18 Å². The summed E-state index contributed by atoms with van der Waals surface area (Å²) in [6, 6.07) is 2.06. The molecule has 4 atom stereocenters. The topological polar surface area (TPSA) is 128 Å². The van der Waals surface area contributed by atoms with Crippen LogP contribution in [0.5, 0.6) is 6.01 Å². The molecule has 252 valence electrons. The Morgan fingerprint density at radius 2 is 2.08 bits per heavy atom. The molecule has 0 amide bonds. The average molecular weight is 662 g/mol. The Morgan fingerprint density at radius 3 is 3.00 bits per heavy atom. The van der Waals surface area contributed by atoms with Gasteiger partial charge in [0.2, 0.25) is 0 Å². The van der Waals surface area contributed by atoms with Gasteiger partial charge >= 0.3 is 12.2 Å². The minimum atomic E-state index is -1.09. The molecule has 48 heavy (non-hydrogen) atoms. The van der Waals surface area contributed by atoms with Crippen molar-refractivity contribution in [1.82, 2.24) is 30.0 Å². The monoisotopic (exact) mass is 661 g/mol. The highest BCUT2D eigenvalue weighted by molar-refractivity contribution is 6.00. The summed E-state index contributed by atoms with van der Waals surface area (Å²) in [4.78, 5) is 31.3. The van der Waals surface area contributed by atoms with Crippen LogP contribution in [0.4, 0.5) is 19.4 Å². The first-order chi connectivity index (χ1) is 23.3. The Bertz CT molecular complexity index is 1940. The van der Waals surface area contributed by atoms with Crippen LogP contribution in [0, 0.1) is 5.82 Å². The maximum absolute atomic E-state index is 17.2. The molecule has 3 fully saturated rings. The van der Waals surface area contributed by atoms with Gasteiger partial charge in [0.05, 0.1) is 49.0 Å². The minimum Gasteiger partial charge on any atom is -0.461 e. The van der Waals surface area contributed by atoms with Gasteiger partial charge in [0.15, 0.2) is 11.4 Å². The van der Waals surface area contributed by atoms with Crippen molar-refractivity contribution < 1.29 is 32.5 Å². The third-order valence-electron chi connectivity index (χ3n) is 10.9. The molecule has 4 aromatic rings. The van der Waals surface area contributed by atoms with E-state index in [1.165, 1.54) is 0 Å². The summed E-state index contributed by atoms with van der Waals surface area (Å²) in [6.07, 6.45) is 5.93. The highest BCUT2D eigenvalue weighted by Crippen LogP contribution is 2.47. The van der Waals surface area contributed by atoms with Crippen molar-refractivity contribution in [1.29, 1.82) is 0 Å². The lowest BCUT2D eigenvalue weighted by Gasteiger charge is -2.33. The Kier molecular flexibility index (Phi) is 6.98. The second kappa shape index (κ2) is 11.2. The molecular weight excluding hydrogens is 624 g/mol. The number of aromatic amines is 1. The molecule has 6 aliphatic rings. The molecule has 1 unspecified atom stereocenters. The Morgan fingerprint density at radius 1 is 1.17 bits per heavy atom. The summed E-state index contributed by atoms with van der Waals surface area (Å²) in [6.45, 7) is 4.36. The second-order valence-corrected chi connectivity index (χ2v) is 14.2. The van der Waals surface area contributed by atoms with Gasteiger partial charge in [-0.1, -0.05) is 0 Å². The predicted molar refractivity (Wildman–Crippen MR) is 170 cm³/mol. The van der Waals surface area contributed by atoms with E-state index < -0.39 is 29.3 Å². The number of nitrogens with zero attached hydrogens (tertiary/aromatic N) is 6. The zero-order valence-electron chi connectivity index (χ0n) is 26.8. The van der Waals surface area contributed by atoms with Crippen LogP contribution in [-0.4, -0.2) is 106 Å². The fraction of sp³-hybridized carbons (Fsp3) is 0.559. The van der Waals surface area contributed by atoms with Crippen molar-refractivity contribution in [2.45, 2.75) is 68.7 Å². The SMILES string of the molecule is C[C@@]12COCCN(C1)c1nc(OC[C@@]34CCCN3C[C@H](F)C4)nc3c(F)c(ncc13)-c1c3c(cc4[nH]ncc14)CCC3CCOC(=O)O2. The number of hydrogen-bond acceptors (Lipinski definition) is 11. The molecule has 1 N–H and O–H groups in total. The number of alkyl halides is 1. The second-order valence-electron chi connectivity index (χ2n) is 14.2. The number of rotatable bonds is 3. The third-order valence-corrected chi connectivity index (χ3v) is 10.9. The van der Waals surface area contributed by atoms with E-state index in [-0.39, 0.29) is 49.5 Å². The van der Waals surface area contributed by atoms with Gasteiger partial charge in [0.25, 0.3) is 0 Å². The molecule has 3 aromatic heterocycles. The van der Waals surface area contributed by atoms with Crippen molar-refractivity contribution in [2.75, 3.05) is 57.5 Å². The average Bonchev–Trinajstić information content (AvgIpc) is 3.82. The van der Waals surface area contributed by atoms with Crippen LogP contribution in [0.2, 0.25) is 0 Å². The highest BCUT2D eigenvalue weighted by Gasteiger charge is 2.49. The molecule has 3 saturated heterocycles. The number of carbonyl (C=O) groups excluding carboxylic acids is 1. The van der Waals surface area contributed by atoms with Gasteiger partial charge in [-0.3, -0.25) is 15.0 Å². The lowest BCUT2D eigenvalue weighted by molar-refractivity contribution is -0.0578. The van der Waals surface area contributed by atoms with E-state index in [0.29, 0.717) is 49.3 Å². The maximum Gasteiger partial charge on any atom is 0.508 e. The fourth-order valence-electron chi connectivity index (χ4n) is 8.75. The molecule has 0 radical (unpaired) electrons. The molecular formula is C34H37F2N7O5. The van der Waals surface area contributed by atoms with Crippen LogP contribution in [0.25, 0.3) is 33.1 Å². The fourth-order valence-corrected chi connectivity index (χ4v) is 8.75. The number of anilines is 1. The quantitative estimate of drug-likeness (QED) is 0.303. The third kappa shape index (κ3) is 4.86. The number of H-pyrrole nitrogens is 1. The van der Waals surface area contributed by atoms with Gasteiger partial charge in [-0.2, -0.15) is 15.1 Å². The normalized spacial score (nSPS) is 28.9.